The lowest BCUT2D eigenvalue weighted by Gasteiger charge is -2.20. The molecule has 1 aliphatic rings. The minimum Gasteiger partial charge on any atom is -0.503 e. The molecule has 14 heavy (non-hydrogen) atoms. The Morgan fingerprint density at radius 2 is 2.36 bits per heavy atom. The van der Waals surface area contributed by atoms with Gasteiger partial charge < -0.3 is 15.2 Å². The zero-order valence-corrected chi connectivity index (χ0v) is 9.52. The SMILES string of the molecule is COc1cc2c(c(Br)c1O)CCNC2. The molecule has 0 aliphatic carbocycles. The maximum absolute atomic E-state index is 9.76. The normalized spacial score (nSPS) is 15.0. The highest BCUT2D eigenvalue weighted by molar-refractivity contribution is 9.10. The third kappa shape index (κ3) is 1.48. The summed E-state index contributed by atoms with van der Waals surface area (Å²) in [5, 5.41) is 13.0. The highest BCUT2D eigenvalue weighted by Gasteiger charge is 2.18. The van der Waals surface area contributed by atoms with E-state index in [1.807, 2.05) is 6.07 Å². The summed E-state index contributed by atoms with van der Waals surface area (Å²) in [5.41, 5.74) is 2.37. The van der Waals surface area contributed by atoms with Crippen molar-refractivity contribution in [1.29, 1.82) is 0 Å². The molecule has 2 N–H and O–H groups in total. The Morgan fingerprint density at radius 1 is 1.57 bits per heavy atom. The number of aromatic hydroxyl groups is 1. The van der Waals surface area contributed by atoms with Gasteiger partial charge >= 0.3 is 0 Å². The van der Waals surface area contributed by atoms with Crippen LogP contribution in [0.4, 0.5) is 0 Å². The number of methoxy groups -OCH3 is 1. The van der Waals surface area contributed by atoms with Gasteiger partial charge in [0.05, 0.1) is 11.6 Å². The summed E-state index contributed by atoms with van der Waals surface area (Å²) in [4.78, 5) is 0. The van der Waals surface area contributed by atoms with Crippen molar-refractivity contribution >= 4 is 15.9 Å². The molecule has 3 nitrogen and oxygen atoms in total. The number of phenolic OH excluding ortho intramolecular Hbond substituents is 1. The predicted molar refractivity (Wildman–Crippen MR) is 57.8 cm³/mol. The topological polar surface area (TPSA) is 41.5 Å². The minimum atomic E-state index is 0.202. The quantitative estimate of drug-likeness (QED) is 0.807. The molecule has 0 bridgehead atoms. The molecule has 1 heterocycles. The molecule has 1 aromatic rings. The summed E-state index contributed by atoms with van der Waals surface area (Å²) in [6.07, 6.45) is 0.938. The molecule has 76 valence electrons. The number of fused-ring (bicyclic) bond motifs is 1. The first kappa shape index (κ1) is 9.80. The summed E-state index contributed by atoms with van der Waals surface area (Å²) in [5.74, 6) is 0.729. The largest absolute Gasteiger partial charge is 0.503 e. The van der Waals surface area contributed by atoms with Gasteiger partial charge in [0.25, 0.3) is 0 Å². The average Bonchev–Trinajstić information content (AvgIpc) is 2.23. The van der Waals surface area contributed by atoms with Gasteiger partial charge in [-0.25, -0.2) is 0 Å². The van der Waals surface area contributed by atoms with Crippen LogP contribution in [0.25, 0.3) is 0 Å². The Hall–Kier alpha value is -0.740. The van der Waals surface area contributed by atoms with Crippen LogP contribution in [-0.2, 0) is 13.0 Å². The molecule has 0 radical (unpaired) electrons. The zero-order chi connectivity index (χ0) is 10.1. The first-order valence-electron chi connectivity index (χ1n) is 4.52. The Kier molecular flexibility index (Phi) is 2.65. The Morgan fingerprint density at radius 3 is 3.07 bits per heavy atom. The van der Waals surface area contributed by atoms with E-state index in [-0.39, 0.29) is 5.75 Å². The fourth-order valence-electron chi connectivity index (χ4n) is 1.73. The van der Waals surface area contributed by atoms with E-state index in [9.17, 15) is 5.11 Å². The second-order valence-electron chi connectivity index (χ2n) is 3.31. The third-order valence-corrected chi connectivity index (χ3v) is 3.34. The van der Waals surface area contributed by atoms with E-state index in [0.717, 1.165) is 24.0 Å². The summed E-state index contributed by atoms with van der Waals surface area (Å²) in [7, 11) is 1.56. The number of benzene rings is 1. The third-order valence-electron chi connectivity index (χ3n) is 2.49. The second-order valence-corrected chi connectivity index (χ2v) is 4.10. The minimum absolute atomic E-state index is 0.202. The van der Waals surface area contributed by atoms with E-state index < -0.39 is 0 Å². The molecular weight excluding hydrogens is 246 g/mol. The van der Waals surface area contributed by atoms with Crippen molar-refractivity contribution < 1.29 is 9.84 Å². The van der Waals surface area contributed by atoms with Crippen LogP contribution in [0.5, 0.6) is 11.5 Å². The fourth-order valence-corrected chi connectivity index (χ4v) is 2.37. The smallest absolute Gasteiger partial charge is 0.172 e. The number of rotatable bonds is 1. The molecule has 4 heteroatoms. The Bertz CT molecular complexity index is 366. The van der Waals surface area contributed by atoms with Crippen LogP contribution in [0.15, 0.2) is 10.5 Å². The van der Waals surface area contributed by atoms with Gasteiger partial charge in [0, 0.05) is 6.54 Å². The van der Waals surface area contributed by atoms with Crippen molar-refractivity contribution in [2.75, 3.05) is 13.7 Å². The van der Waals surface area contributed by atoms with Gasteiger partial charge in [0.2, 0.25) is 0 Å². The summed E-state index contributed by atoms with van der Waals surface area (Å²) in [6.45, 7) is 1.79. The molecule has 0 amide bonds. The highest BCUT2D eigenvalue weighted by atomic mass is 79.9. The van der Waals surface area contributed by atoms with Crippen LogP contribution in [0.2, 0.25) is 0 Å². The van der Waals surface area contributed by atoms with E-state index in [0.29, 0.717) is 5.75 Å². The summed E-state index contributed by atoms with van der Waals surface area (Å²) >= 11 is 3.40. The van der Waals surface area contributed by atoms with E-state index >= 15 is 0 Å². The van der Waals surface area contributed by atoms with Gasteiger partial charge in [-0.05, 0) is 46.1 Å². The monoisotopic (exact) mass is 257 g/mol. The molecule has 2 rings (SSSR count). The first-order valence-corrected chi connectivity index (χ1v) is 5.31. The average molecular weight is 258 g/mol. The maximum atomic E-state index is 9.76. The van der Waals surface area contributed by atoms with Crippen molar-refractivity contribution in [3.05, 3.63) is 21.7 Å². The van der Waals surface area contributed by atoms with Crippen LogP contribution in [0.1, 0.15) is 11.1 Å². The molecule has 0 atom stereocenters. The van der Waals surface area contributed by atoms with Crippen LogP contribution >= 0.6 is 15.9 Å². The molecule has 0 unspecified atom stereocenters. The summed E-state index contributed by atoms with van der Waals surface area (Å²) < 4.78 is 5.86. The number of phenols is 1. The van der Waals surface area contributed by atoms with Gasteiger partial charge in [0.1, 0.15) is 0 Å². The predicted octanol–water partition coefficient (Wildman–Crippen LogP) is 1.81. The molecule has 0 fully saturated rings. The van der Waals surface area contributed by atoms with E-state index in [4.69, 9.17) is 4.74 Å². The standard InChI is InChI=1S/C10H12BrNO2/c1-14-8-4-6-5-12-3-2-7(6)9(11)10(8)13/h4,12-13H,2-3,5H2,1H3. The maximum Gasteiger partial charge on any atom is 0.172 e. The number of hydrogen-bond acceptors (Lipinski definition) is 3. The number of halogens is 1. The molecule has 0 aromatic heterocycles. The Labute approximate surface area is 91.2 Å². The van der Waals surface area contributed by atoms with Gasteiger partial charge in [0.15, 0.2) is 11.5 Å². The lowest BCUT2D eigenvalue weighted by molar-refractivity contribution is 0.370. The van der Waals surface area contributed by atoms with Crippen molar-refractivity contribution in [2.24, 2.45) is 0 Å². The van der Waals surface area contributed by atoms with Crippen molar-refractivity contribution in [3.63, 3.8) is 0 Å². The zero-order valence-electron chi connectivity index (χ0n) is 7.93. The molecular formula is C10H12BrNO2. The van der Waals surface area contributed by atoms with Crippen molar-refractivity contribution in [3.8, 4) is 11.5 Å². The van der Waals surface area contributed by atoms with E-state index in [1.54, 1.807) is 7.11 Å². The first-order chi connectivity index (χ1) is 6.74. The van der Waals surface area contributed by atoms with Gasteiger partial charge in [-0.2, -0.15) is 0 Å². The fraction of sp³-hybridized carbons (Fsp3) is 0.400. The van der Waals surface area contributed by atoms with Gasteiger partial charge in [-0.1, -0.05) is 0 Å². The van der Waals surface area contributed by atoms with Crippen molar-refractivity contribution in [1.82, 2.24) is 5.32 Å². The van der Waals surface area contributed by atoms with Gasteiger partial charge in [-0.3, -0.25) is 0 Å². The lowest BCUT2D eigenvalue weighted by Crippen LogP contribution is -2.23. The highest BCUT2D eigenvalue weighted by Crippen LogP contribution is 2.39. The van der Waals surface area contributed by atoms with Crippen LogP contribution in [0, 0.1) is 0 Å². The molecule has 0 spiro atoms. The van der Waals surface area contributed by atoms with Gasteiger partial charge in [-0.15, -0.1) is 0 Å². The van der Waals surface area contributed by atoms with E-state index in [1.165, 1.54) is 11.1 Å². The van der Waals surface area contributed by atoms with Crippen LogP contribution in [0.3, 0.4) is 0 Å². The molecule has 1 aromatic carbocycles. The number of ether oxygens (including phenoxy) is 1. The molecule has 0 saturated heterocycles. The molecule has 0 saturated carbocycles. The number of nitrogens with one attached hydrogen (secondary N) is 1. The van der Waals surface area contributed by atoms with Crippen LogP contribution in [-0.4, -0.2) is 18.8 Å². The Balaban J connectivity index is 2.57. The number of hydrogen-bond donors (Lipinski definition) is 2. The van der Waals surface area contributed by atoms with Crippen molar-refractivity contribution in [2.45, 2.75) is 13.0 Å². The lowest BCUT2D eigenvalue weighted by atomic mass is 10.0. The van der Waals surface area contributed by atoms with E-state index in [2.05, 4.69) is 21.2 Å². The second kappa shape index (κ2) is 3.79. The molecule has 1 aliphatic heterocycles. The van der Waals surface area contributed by atoms with Crippen LogP contribution < -0.4 is 10.1 Å². The summed E-state index contributed by atoms with van der Waals surface area (Å²) in [6, 6.07) is 1.89.